The number of hydrogen-bond donors (Lipinski definition) is 0. The standard InChI is InChI=1S/C13H18ClN3/c1-10(8-14)16(2)9-12-11-6-4-5-7-13(11)17(3)15-12/h4-7,10H,8-9H2,1-3H3. The predicted molar refractivity (Wildman–Crippen MR) is 72.4 cm³/mol. The molecule has 17 heavy (non-hydrogen) atoms. The van der Waals surface area contributed by atoms with Crippen molar-refractivity contribution in [2.75, 3.05) is 12.9 Å². The molecule has 0 aliphatic carbocycles. The van der Waals surface area contributed by atoms with Crippen molar-refractivity contribution in [2.24, 2.45) is 7.05 Å². The van der Waals surface area contributed by atoms with Crippen molar-refractivity contribution >= 4 is 22.5 Å². The average Bonchev–Trinajstić information content (AvgIpc) is 2.66. The van der Waals surface area contributed by atoms with Crippen LogP contribution in [-0.4, -0.2) is 33.6 Å². The molecule has 0 aliphatic rings. The zero-order valence-corrected chi connectivity index (χ0v) is 11.3. The van der Waals surface area contributed by atoms with Gasteiger partial charge >= 0.3 is 0 Å². The Kier molecular flexibility index (Phi) is 3.69. The first-order chi connectivity index (χ1) is 8.13. The molecular formula is C13H18ClN3. The molecule has 1 aromatic carbocycles. The predicted octanol–water partition coefficient (Wildman–Crippen LogP) is 2.63. The molecule has 1 atom stereocenters. The molecule has 0 spiro atoms. The van der Waals surface area contributed by atoms with Crippen LogP contribution in [0.2, 0.25) is 0 Å². The van der Waals surface area contributed by atoms with Crippen LogP contribution in [0.15, 0.2) is 24.3 Å². The summed E-state index contributed by atoms with van der Waals surface area (Å²) in [5.41, 5.74) is 2.29. The van der Waals surface area contributed by atoms with E-state index in [4.69, 9.17) is 11.6 Å². The molecule has 0 N–H and O–H groups in total. The van der Waals surface area contributed by atoms with Crippen molar-refractivity contribution in [1.82, 2.24) is 14.7 Å². The molecule has 0 saturated carbocycles. The lowest BCUT2D eigenvalue weighted by Gasteiger charge is -2.21. The quantitative estimate of drug-likeness (QED) is 0.779. The fourth-order valence-corrected chi connectivity index (χ4v) is 2.15. The molecule has 0 bridgehead atoms. The second-order valence-corrected chi connectivity index (χ2v) is 4.81. The summed E-state index contributed by atoms with van der Waals surface area (Å²) in [6, 6.07) is 8.67. The van der Waals surface area contributed by atoms with Crippen molar-refractivity contribution in [3.8, 4) is 0 Å². The summed E-state index contributed by atoms with van der Waals surface area (Å²) < 4.78 is 1.93. The third-order valence-electron chi connectivity index (χ3n) is 3.21. The van der Waals surface area contributed by atoms with Crippen LogP contribution in [0.4, 0.5) is 0 Å². The first-order valence-corrected chi connectivity index (χ1v) is 6.33. The van der Waals surface area contributed by atoms with Gasteiger partial charge in [0.2, 0.25) is 0 Å². The molecule has 4 heteroatoms. The van der Waals surface area contributed by atoms with E-state index < -0.39 is 0 Å². The number of benzene rings is 1. The van der Waals surface area contributed by atoms with Gasteiger partial charge in [-0.1, -0.05) is 18.2 Å². The highest BCUT2D eigenvalue weighted by molar-refractivity contribution is 6.18. The molecule has 1 aromatic heterocycles. The van der Waals surface area contributed by atoms with E-state index in [0.717, 1.165) is 12.2 Å². The number of aromatic nitrogens is 2. The summed E-state index contributed by atoms with van der Waals surface area (Å²) in [7, 11) is 4.06. The highest BCUT2D eigenvalue weighted by atomic mass is 35.5. The van der Waals surface area contributed by atoms with E-state index in [9.17, 15) is 0 Å². The van der Waals surface area contributed by atoms with Crippen LogP contribution in [0, 0.1) is 0 Å². The van der Waals surface area contributed by atoms with Crippen LogP contribution in [0.1, 0.15) is 12.6 Å². The Labute approximate surface area is 107 Å². The van der Waals surface area contributed by atoms with Crippen molar-refractivity contribution in [2.45, 2.75) is 19.5 Å². The Morgan fingerprint density at radius 3 is 2.82 bits per heavy atom. The molecule has 0 radical (unpaired) electrons. The number of hydrogen-bond acceptors (Lipinski definition) is 2. The van der Waals surface area contributed by atoms with Gasteiger partial charge in [-0.3, -0.25) is 9.58 Å². The summed E-state index contributed by atoms with van der Waals surface area (Å²) in [5, 5.41) is 5.80. The minimum absolute atomic E-state index is 0.359. The summed E-state index contributed by atoms with van der Waals surface area (Å²) in [4.78, 5) is 2.22. The molecule has 0 aliphatic heterocycles. The molecule has 3 nitrogen and oxygen atoms in total. The Bertz CT molecular complexity index is 506. The molecule has 0 amide bonds. The van der Waals surface area contributed by atoms with Crippen molar-refractivity contribution in [1.29, 1.82) is 0 Å². The summed E-state index contributed by atoms with van der Waals surface area (Å²) in [6.45, 7) is 2.95. The molecular weight excluding hydrogens is 234 g/mol. The van der Waals surface area contributed by atoms with Crippen LogP contribution in [0.5, 0.6) is 0 Å². The molecule has 0 fully saturated rings. The number of halogens is 1. The molecule has 2 aromatic rings. The zero-order valence-electron chi connectivity index (χ0n) is 10.5. The van der Waals surface area contributed by atoms with Gasteiger partial charge in [-0.25, -0.2) is 0 Å². The van der Waals surface area contributed by atoms with Gasteiger partial charge < -0.3 is 0 Å². The van der Waals surface area contributed by atoms with Gasteiger partial charge in [0.1, 0.15) is 0 Å². The van der Waals surface area contributed by atoms with Gasteiger partial charge in [-0.2, -0.15) is 5.10 Å². The second kappa shape index (κ2) is 5.07. The maximum absolute atomic E-state index is 5.87. The minimum Gasteiger partial charge on any atom is -0.297 e. The number of alkyl halides is 1. The van der Waals surface area contributed by atoms with Crippen LogP contribution in [0.25, 0.3) is 10.9 Å². The zero-order chi connectivity index (χ0) is 12.4. The van der Waals surface area contributed by atoms with Crippen LogP contribution < -0.4 is 0 Å². The number of para-hydroxylation sites is 1. The Morgan fingerprint density at radius 2 is 2.12 bits per heavy atom. The lowest BCUT2D eigenvalue weighted by Crippen LogP contribution is -2.30. The van der Waals surface area contributed by atoms with Gasteiger partial charge in [0.15, 0.2) is 0 Å². The third kappa shape index (κ3) is 2.45. The van der Waals surface area contributed by atoms with E-state index in [1.165, 1.54) is 10.9 Å². The topological polar surface area (TPSA) is 21.1 Å². The van der Waals surface area contributed by atoms with Crippen LogP contribution >= 0.6 is 11.6 Å². The number of rotatable bonds is 4. The van der Waals surface area contributed by atoms with Gasteiger partial charge in [0.05, 0.1) is 11.2 Å². The van der Waals surface area contributed by atoms with Crippen molar-refractivity contribution in [3.05, 3.63) is 30.0 Å². The molecule has 2 rings (SSSR count). The van der Waals surface area contributed by atoms with Gasteiger partial charge in [0.25, 0.3) is 0 Å². The normalized spacial score (nSPS) is 13.5. The fraction of sp³-hybridized carbons (Fsp3) is 0.462. The van der Waals surface area contributed by atoms with Crippen molar-refractivity contribution in [3.63, 3.8) is 0 Å². The fourth-order valence-electron chi connectivity index (χ4n) is 1.92. The molecule has 92 valence electrons. The van der Waals surface area contributed by atoms with Crippen molar-refractivity contribution < 1.29 is 0 Å². The lowest BCUT2D eigenvalue weighted by atomic mass is 10.2. The first-order valence-electron chi connectivity index (χ1n) is 5.80. The molecule has 0 saturated heterocycles. The summed E-state index contributed by atoms with van der Waals surface area (Å²) >= 11 is 5.87. The highest BCUT2D eigenvalue weighted by Crippen LogP contribution is 2.19. The molecule has 1 heterocycles. The Morgan fingerprint density at radius 1 is 1.41 bits per heavy atom. The number of aryl methyl sites for hydroxylation is 1. The van der Waals surface area contributed by atoms with E-state index in [2.05, 4.69) is 42.2 Å². The highest BCUT2D eigenvalue weighted by Gasteiger charge is 2.13. The maximum Gasteiger partial charge on any atom is 0.0843 e. The van der Waals surface area contributed by atoms with Gasteiger partial charge in [-0.05, 0) is 20.0 Å². The lowest BCUT2D eigenvalue weighted by molar-refractivity contribution is 0.265. The maximum atomic E-state index is 5.87. The third-order valence-corrected chi connectivity index (χ3v) is 3.66. The first kappa shape index (κ1) is 12.4. The van der Waals surface area contributed by atoms with Crippen LogP contribution in [0.3, 0.4) is 0 Å². The minimum atomic E-state index is 0.359. The monoisotopic (exact) mass is 251 g/mol. The Hall–Kier alpha value is -1.06. The van der Waals surface area contributed by atoms with Gasteiger partial charge in [0, 0.05) is 30.9 Å². The van der Waals surface area contributed by atoms with E-state index in [-0.39, 0.29) is 0 Å². The van der Waals surface area contributed by atoms with Gasteiger partial charge in [-0.15, -0.1) is 11.6 Å². The van der Waals surface area contributed by atoms with E-state index in [1.807, 2.05) is 17.8 Å². The van der Waals surface area contributed by atoms with E-state index in [0.29, 0.717) is 11.9 Å². The number of fused-ring (bicyclic) bond motifs is 1. The van der Waals surface area contributed by atoms with E-state index in [1.54, 1.807) is 0 Å². The van der Waals surface area contributed by atoms with Crippen LogP contribution in [-0.2, 0) is 13.6 Å². The second-order valence-electron chi connectivity index (χ2n) is 4.51. The smallest absolute Gasteiger partial charge is 0.0843 e. The largest absolute Gasteiger partial charge is 0.297 e. The number of nitrogens with zero attached hydrogens (tertiary/aromatic N) is 3. The van der Waals surface area contributed by atoms with E-state index >= 15 is 0 Å². The summed E-state index contributed by atoms with van der Waals surface area (Å²) in [6.07, 6.45) is 0. The SMILES string of the molecule is CC(CCl)N(C)Cc1nn(C)c2ccccc12. The Balaban J connectivity index is 2.30. The summed E-state index contributed by atoms with van der Waals surface area (Å²) in [5.74, 6) is 0.640. The molecule has 1 unspecified atom stereocenters. The average molecular weight is 252 g/mol.